The number of benzene rings is 3. The van der Waals surface area contributed by atoms with Gasteiger partial charge in [0.15, 0.2) is 15.0 Å². The van der Waals surface area contributed by atoms with Crippen LogP contribution in [0.4, 0.5) is 9.52 Å². The van der Waals surface area contributed by atoms with Gasteiger partial charge in [-0.15, -0.1) is 0 Å². The van der Waals surface area contributed by atoms with Gasteiger partial charge in [-0.25, -0.2) is 17.8 Å². The van der Waals surface area contributed by atoms with Gasteiger partial charge >= 0.3 is 0 Å². The maximum atomic E-state index is 13.5. The molecule has 0 radical (unpaired) electrons. The fourth-order valence-electron chi connectivity index (χ4n) is 3.22. The number of sulfone groups is 1. The van der Waals surface area contributed by atoms with Gasteiger partial charge in [0.05, 0.1) is 21.9 Å². The third kappa shape index (κ3) is 5.73. The summed E-state index contributed by atoms with van der Waals surface area (Å²) in [5.74, 6) is -0.573. The molecule has 4 aromatic rings. The van der Waals surface area contributed by atoms with Gasteiger partial charge in [0.1, 0.15) is 5.82 Å². The van der Waals surface area contributed by atoms with Crippen LogP contribution in [0, 0.1) is 5.82 Å². The summed E-state index contributed by atoms with van der Waals surface area (Å²) >= 11 is 4.67. The lowest BCUT2D eigenvalue weighted by molar-refractivity contribution is -0.115. The second-order valence-corrected chi connectivity index (χ2v) is 11.3. The first-order valence-electron chi connectivity index (χ1n) is 9.80. The molecule has 0 bridgehead atoms. The van der Waals surface area contributed by atoms with Crippen molar-refractivity contribution in [1.82, 2.24) is 4.98 Å². The molecule has 1 N–H and O–H groups in total. The molecule has 1 amide bonds. The molecule has 0 fully saturated rings. The van der Waals surface area contributed by atoms with E-state index in [0.717, 1.165) is 26.7 Å². The van der Waals surface area contributed by atoms with Crippen molar-refractivity contribution in [2.45, 2.75) is 11.3 Å². The number of nitrogens with one attached hydrogen (secondary N) is 1. The van der Waals surface area contributed by atoms with Crippen LogP contribution in [0.1, 0.15) is 5.56 Å². The summed E-state index contributed by atoms with van der Waals surface area (Å²) in [4.78, 5) is 18.2. The smallest absolute Gasteiger partial charge is 0.230 e. The molecule has 168 valence electrons. The molecular weight excluding hydrogens is 527 g/mol. The first kappa shape index (κ1) is 23.3. The molecule has 0 spiro atoms. The molecule has 33 heavy (non-hydrogen) atoms. The Morgan fingerprint density at radius 1 is 1.03 bits per heavy atom. The molecule has 3 aromatic carbocycles. The van der Waals surface area contributed by atoms with Gasteiger partial charge in [0.25, 0.3) is 0 Å². The zero-order chi connectivity index (χ0) is 23.6. The van der Waals surface area contributed by atoms with Crippen LogP contribution < -0.4 is 5.32 Å². The van der Waals surface area contributed by atoms with Gasteiger partial charge in [-0.2, -0.15) is 0 Å². The van der Waals surface area contributed by atoms with E-state index in [1.165, 1.54) is 35.6 Å². The van der Waals surface area contributed by atoms with Crippen LogP contribution >= 0.6 is 27.3 Å². The molecule has 1 aromatic heterocycles. The Labute approximate surface area is 203 Å². The van der Waals surface area contributed by atoms with Gasteiger partial charge in [0.2, 0.25) is 5.91 Å². The largest absolute Gasteiger partial charge is 0.302 e. The highest BCUT2D eigenvalue weighted by Crippen LogP contribution is 2.39. The van der Waals surface area contributed by atoms with Crippen LogP contribution in [0.15, 0.2) is 82.2 Å². The Balaban J connectivity index is 1.68. The topological polar surface area (TPSA) is 76.1 Å². The molecule has 0 aliphatic rings. The van der Waals surface area contributed by atoms with Crippen molar-refractivity contribution in [1.29, 1.82) is 0 Å². The molecule has 0 saturated heterocycles. The van der Waals surface area contributed by atoms with Crippen LogP contribution in [0.3, 0.4) is 0 Å². The number of halogens is 2. The summed E-state index contributed by atoms with van der Waals surface area (Å²) in [5, 5.41) is 3.24. The van der Waals surface area contributed by atoms with Crippen LogP contribution in [-0.4, -0.2) is 25.6 Å². The van der Waals surface area contributed by atoms with E-state index in [4.69, 9.17) is 0 Å². The van der Waals surface area contributed by atoms with Crippen molar-refractivity contribution in [2.75, 3.05) is 11.6 Å². The molecule has 1 heterocycles. The number of carbonyl (C=O) groups excluding carboxylic acids is 1. The van der Waals surface area contributed by atoms with Gasteiger partial charge in [-0.3, -0.25) is 4.79 Å². The van der Waals surface area contributed by atoms with Gasteiger partial charge in [-0.05, 0) is 47.5 Å². The molecule has 0 unspecified atom stereocenters. The number of amides is 1. The summed E-state index contributed by atoms with van der Waals surface area (Å²) in [7, 11) is -3.33. The van der Waals surface area contributed by atoms with Gasteiger partial charge < -0.3 is 5.32 Å². The van der Waals surface area contributed by atoms with E-state index in [0.29, 0.717) is 16.4 Å². The third-order valence-corrected chi connectivity index (χ3v) is 7.43. The lowest BCUT2D eigenvalue weighted by Crippen LogP contribution is -2.14. The molecule has 0 aliphatic heterocycles. The fourth-order valence-corrected chi connectivity index (χ4v) is 5.31. The standard InChI is InChI=1S/C24H18BrFN2O3S2/c1-33(30,31)20-11-7-16(8-12-20)22-23(17-5-9-19(26)10-6-17)32-24(28-22)27-21(29)14-15-3-2-4-18(25)13-15/h2-13H,14H2,1H3,(H,27,28,29). The molecule has 4 rings (SSSR count). The van der Waals surface area contributed by atoms with Crippen LogP contribution in [0.5, 0.6) is 0 Å². The van der Waals surface area contributed by atoms with Gasteiger partial charge in [0, 0.05) is 16.3 Å². The van der Waals surface area contributed by atoms with E-state index in [1.54, 1.807) is 24.3 Å². The number of carbonyl (C=O) groups is 1. The van der Waals surface area contributed by atoms with E-state index in [2.05, 4.69) is 26.2 Å². The number of anilines is 1. The minimum absolute atomic E-state index is 0.184. The number of aromatic nitrogens is 1. The maximum Gasteiger partial charge on any atom is 0.230 e. The molecule has 0 aliphatic carbocycles. The third-order valence-electron chi connectivity index (χ3n) is 4.79. The molecule has 5 nitrogen and oxygen atoms in total. The fraction of sp³-hybridized carbons (Fsp3) is 0.0833. The summed E-state index contributed by atoms with van der Waals surface area (Å²) in [5.41, 5.74) is 2.85. The Bertz CT molecular complexity index is 1420. The average molecular weight is 545 g/mol. The normalized spacial score (nSPS) is 11.4. The summed E-state index contributed by atoms with van der Waals surface area (Å²) in [6.07, 6.45) is 1.33. The average Bonchev–Trinajstić information content (AvgIpc) is 3.17. The highest BCUT2D eigenvalue weighted by Gasteiger charge is 2.18. The molecule has 0 saturated carbocycles. The van der Waals surface area contributed by atoms with E-state index in [-0.39, 0.29) is 23.0 Å². The van der Waals surface area contributed by atoms with Crippen molar-refractivity contribution in [3.63, 3.8) is 0 Å². The Morgan fingerprint density at radius 3 is 2.33 bits per heavy atom. The van der Waals surface area contributed by atoms with Crippen LogP contribution in [-0.2, 0) is 21.1 Å². The van der Waals surface area contributed by atoms with Crippen LogP contribution in [0.25, 0.3) is 21.7 Å². The van der Waals surface area contributed by atoms with Crippen molar-refractivity contribution >= 4 is 48.1 Å². The van der Waals surface area contributed by atoms with Crippen molar-refractivity contribution in [2.24, 2.45) is 0 Å². The summed E-state index contributed by atoms with van der Waals surface area (Å²) in [6, 6.07) is 19.9. The monoisotopic (exact) mass is 544 g/mol. The molecule has 0 atom stereocenters. The van der Waals surface area contributed by atoms with E-state index < -0.39 is 9.84 Å². The number of rotatable bonds is 6. The first-order valence-corrected chi connectivity index (χ1v) is 13.3. The lowest BCUT2D eigenvalue weighted by Gasteiger charge is -2.04. The predicted molar refractivity (Wildman–Crippen MR) is 133 cm³/mol. The second-order valence-electron chi connectivity index (χ2n) is 7.36. The molecular formula is C24H18BrFN2O3S2. The summed E-state index contributed by atoms with van der Waals surface area (Å²) < 4.78 is 38.0. The number of nitrogens with zero attached hydrogens (tertiary/aromatic N) is 1. The Morgan fingerprint density at radius 2 is 1.70 bits per heavy atom. The Kier molecular flexibility index (Phi) is 6.73. The van der Waals surface area contributed by atoms with Crippen molar-refractivity contribution < 1.29 is 17.6 Å². The van der Waals surface area contributed by atoms with Crippen molar-refractivity contribution in [3.05, 3.63) is 88.6 Å². The van der Waals surface area contributed by atoms with E-state index >= 15 is 0 Å². The van der Waals surface area contributed by atoms with E-state index in [9.17, 15) is 17.6 Å². The van der Waals surface area contributed by atoms with Crippen LogP contribution in [0.2, 0.25) is 0 Å². The zero-order valence-corrected chi connectivity index (χ0v) is 20.6. The predicted octanol–water partition coefficient (Wildman–Crippen LogP) is 5.96. The lowest BCUT2D eigenvalue weighted by atomic mass is 10.1. The maximum absolute atomic E-state index is 13.5. The first-order chi connectivity index (χ1) is 15.7. The number of hydrogen-bond acceptors (Lipinski definition) is 5. The minimum atomic E-state index is -3.33. The zero-order valence-electron chi connectivity index (χ0n) is 17.4. The minimum Gasteiger partial charge on any atom is -0.302 e. The highest BCUT2D eigenvalue weighted by atomic mass is 79.9. The number of thiazole rings is 1. The Hall–Kier alpha value is -2.88. The quantitative estimate of drug-likeness (QED) is 0.324. The molecule has 9 heteroatoms. The van der Waals surface area contributed by atoms with Crippen molar-refractivity contribution in [3.8, 4) is 21.7 Å². The van der Waals surface area contributed by atoms with Gasteiger partial charge in [-0.1, -0.05) is 63.7 Å². The SMILES string of the molecule is CS(=O)(=O)c1ccc(-c2nc(NC(=O)Cc3cccc(Br)c3)sc2-c2ccc(F)cc2)cc1. The number of hydrogen-bond donors (Lipinski definition) is 1. The summed E-state index contributed by atoms with van der Waals surface area (Å²) in [6.45, 7) is 0. The second kappa shape index (κ2) is 9.54. The highest BCUT2D eigenvalue weighted by molar-refractivity contribution is 9.10. The van der Waals surface area contributed by atoms with E-state index in [1.807, 2.05) is 24.3 Å².